The summed E-state index contributed by atoms with van der Waals surface area (Å²) in [6.45, 7) is 1.44. The van der Waals surface area contributed by atoms with Crippen LogP contribution in [0.1, 0.15) is 21.5 Å². The van der Waals surface area contributed by atoms with Crippen LogP contribution in [0.3, 0.4) is 0 Å². The molecule has 0 aromatic heterocycles. The van der Waals surface area contributed by atoms with E-state index in [2.05, 4.69) is 65.0 Å². The highest BCUT2D eigenvalue weighted by molar-refractivity contribution is 6.30. The van der Waals surface area contributed by atoms with Crippen LogP contribution in [0, 0.1) is 0 Å². The van der Waals surface area contributed by atoms with Crippen molar-refractivity contribution in [3.63, 3.8) is 0 Å². The van der Waals surface area contributed by atoms with Gasteiger partial charge in [0, 0.05) is 35.8 Å². The Hall–Kier alpha value is -3.78. The number of likely N-dealkylation sites (N-methyl/N-ethyl adjacent to an activating group) is 2. The van der Waals surface area contributed by atoms with E-state index in [-0.39, 0.29) is 18.0 Å². The van der Waals surface area contributed by atoms with Crippen molar-refractivity contribution in [2.45, 2.75) is 24.9 Å². The molecule has 0 spiro atoms. The van der Waals surface area contributed by atoms with E-state index in [1.165, 1.54) is 16.3 Å². The number of nitrogens with zero attached hydrogens (tertiary/aromatic N) is 1. The Bertz CT molecular complexity index is 1450. The number of amides is 1. The van der Waals surface area contributed by atoms with E-state index in [0.29, 0.717) is 35.8 Å². The zero-order chi connectivity index (χ0) is 30.1. The molecule has 0 aliphatic rings. The van der Waals surface area contributed by atoms with Crippen molar-refractivity contribution in [3.8, 4) is 17.2 Å². The van der Waals surface area contributed by atoms with Gasteiger partial charge in [-0.05, 0) is 73.1 Å². The van der Waals surface area contributed by atoms with Gasteiger partial charge < -0.3 is 24.8 Å². The summed E-state index contributed by atoms with van der Waals surface area (Å²) in [6.07, 6.45) is 1.51. The molecule has 4 aromatic rings. The van der Waals surface area contributed by atoms with Crippen LogP contribution in [-0.2, 0) is 12.8 Å². The SMILES string of the molecule is CNC[C@H](Cc1ccc(Cl)cc1)N(C)C[C@H](Cc1ccc2ccccc2c1)NC(=O)c1cc(OC)c(OC)c(OC)c1. The van der Waals surface area contributed by atoms with Gasteiger partial charge in [0.1, 0.15) is 0 Å². The van der Waals surface area contributed by atoms with Gasteiger partial charge in [0.2, 0.25) is 5.75 Å². The number of benzene rings is 4. The van der Waals surface area contributed by atoms with Crippen LogP contribution in [0.25, 0.3) is 10.8 Å². The van der Waals surface area contributed by atoms with Crippen LogP contribution in [-0.4, -0.2) is 71.4 Å². The van der Waals surface area contributed by atoms with Crippen LogP contribution < -0.4 is 24.8 Å². The fraction of sp³-hybridized carbons (Fsp3) is 0.324. The summed E-state index contributed by atoms with van der Waals surface area (Å²) in [5.74, 6) is 1.10. The van der Waals surface area contributed by atoms with Crippen LogP contribution in [0.2, 0.25) is 5.02 Å². The Kier molecular flexibility index (Phi) is 11.1. The molecule has 4 aromatic carbocycles. The lowest BCUT2D eigenvalue weighted by atomic mass is 9.99. The number of fused-ring (bicyclic) bond motifs is 1. The third-order valence-electron chi connectivity index (χ3n) is 7.51. The number of methoxy groups -OCH3 is 3. The Morgan fingerprint density at radius 3 is 2.10 bits per heavy atom. The average Bonchev–Trinajstić information content (AvgIpc) is 3.00. The molecule has 42 heavy (non-hydrogen) atoms. The molecule has 0 radical (unpaired) electrons. The van der Waals surface area contributed by atoms with Gasteiger partial charge in [-0.15, -0.1) is 0 Å². The third-order valence-corrected chi connectivity index (χ3v) is 7.77. The Balaban J connectivity index is 1.60. The number of nitrogens with one attached hydrogen (secondary N) is 2. The monoisotopic (exact) mass is 589 g/mol. The molecule has 0 unspecified atom stereocenters. The van der Waals surface area contributed by atoms with Crippen LogP contribution in [0.15, 0.2) is 78.9 Å². The second-order valence-electron chi connectivity index (χ2n) is 10.5. The molecule has 0 bridgehead atoms. The lowest BCUT2D eigenvalue weighted by molar-refractivity contribution is 0.0920. The van der Waals surface area contributed by atoms with Gasteiger partial charge >= 0.3 is 0 Å². The molecule has 0 aliphatic heterocycles. The van der Waals surface area contributed by atoms with Crippen molar-refractivity contribution in [2.75, 3.05) is 48.5 Å². The molecular formula is C34H40ClN3O4. The predicted molar refractivity (Wildman–Crippen MR) is 171 cm³/mol. The molecule has 8 heteroatoms. The molecule has 0 aliphatic carbocycles. The van der Waals surface area contributed by atoms with Crippen molar-refractivity contribution in [2.24, 2.45) is 0 Å². The smallest absolute Gasteiger partial charge is 0.251 e. The highest BCUT2D eigenvalue weighted by Gasteiger charge is 2.23. The second kappa shape index (κ2) is 14.9. The molecule has 7 nitrogen and oxygen atoms in total. The van der Waals surface area contributed by atoms with Crippen LogP contribution >= 0.6 is 11.6 Å². The van der Waals surface area contributed by atoms with Crippen LogP contribution in [0.4, 0.5) is 0 Å². The highest BCUT2D eigenvalue weighted by atomic mass is 35.5. The lowest BCUT2D eigenvalue weighted by Crippen LogP contribution is -2.49. The zero-order valence-corrected chi connectivity index (χ0v) is 25.7. The number of hydrogen-bond donors (Lipinski definition) is 2. The Morgan fingerprint density at radius 2 is 1.48 bits per heavy atom. The molecular weight excluding hydrogens is 550 g/mol. The number of ether oxygens (including phenoxy) is 3. The first-order valence-corrected chi connectivity index (χ1v) is 14.4. The minimum absolute atomic E-state index is 0.174. The first kappa shape index (κ1) is 31.2. The lowest BCUT2D eigenvalue weighted by Gasteiger charge is -2.32. The second-order valence-corrected chi connectivity index (χ2v) is 10.9. The maximum absolute atomic E-state index is 13.7. The molecule has 222 valence electrons. The van der Waals surface area contributed by atoms with E-state index in [1.807, 2.05) is 31.3 Å². The minimum Gasteiger partial charge on any atom is -0.493 e. The summed E-state index contributed by atoms with van der Waals surface area (Å²) >= 11 is 6.12. The van der Waals surface area contributed by atoms with Gasteiger partial charge in [-0.2, -0.15) is 0 Å². The molecule has 4 rings (SSSR count). The van der Waals surface area contributed by atoms with Crippen LogP contribution in [0.5, 0.6) is 17.2 Å². The summed E-state index contributed by atoms with van der Waals surface area (Å²) in [4.78, 5) is 16.0. The van der Waals surface area contributed by atoms with Gasteiger partial charge in [0.25, 0.3) is 5.91 Å². The summed E-state index contributed by atoms with van der Waals surface area (Å²) < 4.78 is 16.4. The van der Waals surface area contributed by atoms with Crippen molar-refractivity contribution >= 4 is 28.3 Å². The highest BCUT2D eigenvalue weighted by Crippen LogP contribution is 2.38. The summed E-state index contributed by atoms with van der Waals surface area (Å²) in [7, 11) is 8.69. The van der Waals surface area contributed by atoms with Crippen molar-refractivity contribution in [1.29, 1.82) is 0 Å². The Labute approximate surface area is 253 Å². The summed E-state index contributed by atoms with van der Waals surface area (Å²) in [5, 5.41) is 9.72. The Morgan fingerprint density at radius 1 is 0.833 bits per heavy atom. The molecule has 0 heterocycles. The maximum Gasteiger partial charge on any atom is 0.251 e. The summed E-state index contributed by atoms with van der Waals surface area (Å²) in [5.41, 5.74) is 2.79. The van der Waals surface area contributed by atoms with Crippen molar-refractivity contribution < 1.29 is 19.0 Å². The topological polar surface area (TPSA) is 72.1 Å². The number of halogens is 1. The number of carbonyl (C=O) groups is 1. The van der Waals surface area contributed by atoms with E-state index in [1.54, 1.807) is 33.5 Å². The molecule has 2 atom stereocenters. The first-order valence-electron chi connectivity index (χ1n) is 14.0. The van der Waals surface area contributed by atoms with E-state index >= 15 is 0 Å². The quantitative estimate of drug-likeness (QED) is 0.199. The molecule has 0 saturated carbocycles. The maximum atomic E-state index is 13.7. The largest absolute Gasteiger partial charge is 0.493 e. The van der Waals surface area contributed by atoms with Gasteiger partial charge in [-0.3, -0.25) is 9.69 Å². The third kappa shape index (κ3) is 7.94. The van der Waals surface area contributed by atoms with Gasteiger partial charge in [-0.1, -0.05) is 66.2 Å². The number of rotatable bonds is 14. The summed E-state index contributed by atoms with van der Waals surface area (Å²) in [6, 6.07) is 26.2. The van der Waals surface area contributed by atoms with Crippen molar-refractivity contribution in [3.05, 3.63) is 101 Å². The fourth-order valence-corrected chi connectivity index (χ4v) is 5.43. The number of carbonyl (C=O) groups excluding carboxylic acids is 1. The normalized spacial score (nSPS) is 12.6. The minimum atomic E-state index is -0.212. The molecule has 0 fully saturated rings. The van der Waals surface area contributed by atoms with E-state index in [0.717, 1.165) is 23.6 Å². The van der Waals surface area contributed by atoms with Crippen molar-refractivity contribution in [1.82, 2.24) is 15.5 Å². The first-order chi connectivity index (χ1) is 20.3. The van der Waals surface area contributed by atoms with Gasteiger partial charge in [0.05, 0.1) is 21.3 Å². The van der Waals surface area contributed by atoms with E-state index < -0.39 is 0 Å². The molecule has 2 N–H and O–H groups in total. The van der Waals surface area contributed by atoms with Gasteiger partial charge in [-0.25, -0.2) is 0 Å². The fourth-order valence-electron chi connectivity index (χ4n) is 5.30. The van der Waals surface area contributed by atoms with E-state index in [9.17, 15) is 4.79 Å². The molecule has 0 saturated heterocycles. The average molecular weight is 590 g/mol. The zero-order valence-electron chi connectivity index (χ0n) is 24.9. The standard InChI is InChI=1S/C34H40ClN3O4/c1-36-21-30(18-23-11-14-28(35)15-12-23)38(2)22-29(17-24-10-13-25-8-6-7-9-26(25)16-24)37-34(39)27-19-31(40-3)33(42-5)32(20-27)41-4/h6-16,19-20,29-30,36H,17-18,21-22H2,1-5H3,(H,37,39)/t29-,30-/m0/s1. The number of hydrogen-bond acceptors (Lipinski definition) is 6. The predicted octanol–water partition coefficient (Wildman–Crippen LogP) is 5.62. The van der Waals surface area contributed by atoms with E-state index in [4.69, 9.17) is 25.8 Å². The molecule has 1 amide bonds. The van der Waals surface area contributed by atoms with Gasteiger partial charge in [0.15, 0.2) is 11.5 Å².